The monoisotopic (exact) mass is 663 g/mol. The Morgan fingerprint density at radius 3 is 1.23 bits per heavy atom. The van der Waals surface area contributed by atoms with Crippen molar-refractivity contribution in [3.8, 4) is 0 Å². The van der Waals surface area contributed by atoms with E-state index in [0.717, 1.165) is 113 Å². The van der Waals surface area contributed by atoms with Crippen molar-refractivity contribution in [2.24, 2.45) is 11.8 Å². The Balaban J connectivity index is 1.77. The van der Waals surface area contributed by atoms with Gasteiger partial charge in [-0.3, -0.25) is 0 Å². The molecule has 2 N–H and O–H groups in total. The summed E-state index contributed by atoms with van der Waals surface area (Å²) in [5.74, 6) is 0.835. The minimum Gasteiger partial charge on any atom is -0.378 e. The second-order valence-electron chi connectivity index (χ2n) is 14.4. The first-order valence-electron chi connectivity index (χ1n) is 18.8. The van der Waals surface area contributed by atoms with Gasteiger partial charge in [0.1, 0.15) is 0 Å². The molecule has 0 heterocycles. The summed E-state index contributed by atoms with van der Waals surface area (Å²) in [5, 5.41) is 6.47. The van der Waals surface area contributed by atoms with Crippen LogP contribution < -0.4 is 20.4 Å². The van der Waals surface area contributed by atoms with Crippen LogP contribution in [0.3, 0.4) is 0 Å². The van der Waals surface area contributed by atoms with E-state index >= 15 is 0 Å². The first-order chi connectivity index (χ1) is 23.1. The normalized spacial score (nSPS) is 16.1. The average molecular weight is 663 g/mol. The number of carbonyl (C=O) groups is 2. The molecule has 2 aromatic rings. The number of urea groups is 2. The lowest BCUT2D eigenvalue weighted by Crippen LogP contribution is -2.48. The molecule has 8 nitrogen and oxygen atoms in total. The number of nitrogens with one attached hydrogen (secondary N) is 2. The summed E-state index contributed by atoms with van der Waals surface area (Å²) < 4.78 is 0. The van der Waals surface area contributed by atoms with Gasteiger partial charge in [-0.25, -0.2) is 9.59 Å². The Kier molecular flexibility index (Phi) is 16.4. The van der Waals surface area contributed by atoms with Crippen LogP contribution in [0, 0.1) is 11.8 Å². The molecule has 0 aliphatic heterocycles. The highest BCUT2D eigenvalue weighted by Crippen LogP contribution is 2.33. The van der Waals surface area contributed by atoms with Crippen molar-refractivity contribution in [1.82, 2.24) is 9.80 Å². The summed E-state index contributed by atoms with van der Waals surface area (Å²) >= 11 is 0. The summed E-state index contributed by atoms with van der Waals surface area (Å²) in [6.07, 6.45) is 12.7. The van der Waals surface area contributed by atoms with Crippen molar-refractivity contribution in [3.05, 3.63) is 48.5 Å². The number of hydrogen-bond donors (Lipinski definition) is 2. The van der Waals surface area contributed by atoms with Gasteiger partial charge in [-0.05, 0) is 105 Å². The summed E-state index contributed by atoms with van der Waals surface area (Å²) in [6.45, 7) is 10.4. The lowest BCUT2D eigenvalue weighted by Gasteiger charge is -2.40. The van der Waals surface area contributed by atoms with E-state index in [1.165, 1.54) is 0 Å². The van der Waals surface area contributed by atoms with Gasteiger partial charge in [-0.15, -0.1) is 0 Å². The second kappa shape index (κ2) is 20.2. The van der Waals surface area contributed by atoms with E-state index in [4.69, 9.17) is 0 Å². The second-order valence-corrected chi connectivity index (χ2v) is 14.4. The van der Waals surface area contributed by atoms with Gasteiger partial charge in [-0.1, -0.05) is 59.8 Å². The van der Waals surface area contributed by atoms with Crippen LogP contribution in [0.4, 0.5) is 32.3 Å². The molecule has 2 atom stereocenters. The molecule has 0 aromatic heterocycles. The topological polar surface area (TPSA) is 71.2 Å². The Morgan fingerprint density at radius 2 is 0.938 bits per heavy atom. The van der Waals surface area contributed by atoms with Gasteiger partial charge >= 0.3 is 12.1 Å². The predicted octanol–water partition coefficient (Wildman–Crippen LogP) is 9.93. The van der Waals surface area contributed by atoms with Crippen molar-refractivity contribution < 1.29 is 9.59 Å². The van der Waals surface area contributed by atoms with Crippen LogP contribution in [0.2, 0.25) is 0 Å². The molecule has 0 bridgehead atoms. The number of carbonyl (C=O) groups excluding carboxylic acids is 2. The number of rotatable bonds is 18. The first kappa shape index (κ1) is 39.0. The van der Waals surface area contributed by atoms with E-state index in [9.17, 15) is 9.59 Å². The van der Waals surface area contributed by atoms with Gasteiger partial charge < -0.3 is 30.2 Å². The molecule has 2 aromatic carbocycles. The van der Waals surface area contributed by atoms with Crippen molar-refractivity contribution in [2.75, 3.05) is 61.7 Å². The van der Waals surface area contributed by atoms with Crippen LogP contribution in [0.15, 0.2) is 48.5 Å². The van der Waals surface area contributed by atoms with E-state index in [0.29, 0.717) is 11.8 Å². The van der Waals surface area contributed by atoms with Crippen molar-refractivity contribution >= 4 is 34.8 Å². The molecule has 0 radical (unpaired) electrons. The minimum atomic E-state index is 0.00821. The molecule has 2 unspecified atom stereocenters. The van der Waals surface area contributed by atoms with Gasteiger partial charge in [0, 0.05) is 76.1 Å². The number of anilines is 4. The lowest BCUT2D eigenvalue weighted by atomic mass is 9.80. The molecular formula is C40H66N6O2. The molecule has 8 heteroatoms. The van der Waals surface area contributed by atoms with Crippen molar-refractivity contribution in [2.45, 2.75) is 117 Å². The van der Waals surface area contributed by atoms with E-state index in [1.54, 1.807) is 0 Å². The number of amides is 4. The first-order valence-corrected chi connectivity index (χ1v) is 18.8. The molecule has 1 fully saturated rings. The smallest absolute Gasteiger partial charge is 0.322 e. The van der Waals surface area contributed by atoms with Crippen LogP contribution in [0.5, 0.6) is 0 Å². The minimum absolute atomic E-state index is 0.00821. The van der Waals surface area contributed by atoms with Gasteiger partial charge in [0.05, 0.1) is 0 Å². The van der Waals surface area contributed by atoms with Gasteiger partial charge in [-0.2, -0.15) is 0 Å². The fourth-order valence-electron chi connectivity index (χ4n) is 7.41. The van der Waals surface area contributed by atoms with Crippen LogP contribution in [-0.4, -0.2) is 75.2 Å². The fraction of sp³-hybridized carbons (Fsp3) is 0.650. The summed E-state index contributed by atoms with van der Waals surface area (Å²) in [7, 11) is 8.10. The number of nitrogens with zero attached hydrogens (tertiary/aromatic N) is 4. The maximum atomic E-state index is 14.0. The quantitative estimate of drug-likeness (QED) is 0.167. The highest BCUT2D eigenvalue weighted by Gasteiger charge is 2.32. The van der Waals surface area contributed by atoms with Crippen LogP contribution in [0.25, 0.3) is 0 Å². The maximum absolute atomic E-state index is 14.0. The number of benzene rings is 2. The lowest BCUT2D eigenvalue weighted by molar-refractivity contribution is 0.119. The van der Waals surface area contributed by atoms with Gasteiger partial charge in [0.2, 0.25) is 0 Å². The molecule has 3 rings (SSSR count). The summed E-state index contributed by atoms with van der Waals surface area (Å²) in [5.41, 5.74) is 3.88. The number of hydrogen-bond acceptors (Lipinski definition) is 4. The molecule has 4 amide bonds. The van der Waals surface area contributed by atoms with Crippen LogP contribution in [0.1, 0.15) is 105 Å². The Hall–Kier alpha value is -3.42. The Bertz CT molecular complexity index is 1110. The molecule has 0 spiro atoms. The molecule has 0 saturated heterocycles. The van der Waals surface area contributed by atoms with E-state index in [-0.39, 0.29) is 24.1 Å². The van der Waals surface area contributed by atoms with E-state index in [2.05, 4.69) is 57.9 Å². The summed E-state index contributed by atoms with van der Waals surface area (Å²) in [4.78, 5) is 36.3. The van der Waals surface area contributed by atoms with E-state index < -0.39 is 0 Å². The zero-order chi connectivity index (χ0) is 35.1. The Labute approximate surface area is 292 Å². The molecule has 1 aliphatic rings. The Morgan fingerprint density at radius 1 is 0.604 bits per heavy atom. The van der Waals surface area contributed by atoms with E-state index in [1.807, 2.05) is 76.7 Å². The SMILES string of the molecule is CCCC(CCC)N(CC1CCCC(CN(C(=O)Nc2ccc(N(C)C)cc2)C(CCC)CCC)C1)C(=O)Nc1ccc(N(C)C)cc1. The van der Waals surface area contributed by atoms with Crippen LogP contribution in [-0.2, 0) is 0 Å². The third-order valence-corrected chi connectivity index (χ3v) is 9.96. The molecule has 1 aliphatic carbocycles. The predicted molar refractivity (Wildman–Crippen MR) is 206 cm³/mol. The highest BCUT2D eigenvalue weighted by molar-refractivity contribution is 5.90. The largest absolute Gasteiger partial charge is 0.378 e. The van der Waals surface area contributed by atoms with Gasteiger partial charge in [0.15, 0.2) is 0 Å². The average Bonchev–Trinajstić information content (AvgIpc) is 3.06. The zero-order valence-corrected chi connectivity index (χ0v) is 31.4. The van der Waals surface area contributed by atoms with Crippen molar-refractivity contribution in [3.63, 3.8) is 0 Å². The maximum Gasteiger partial charge on any atom is 0.322 e. The van der Waals surface area contributed by atoms with Gasteiger partial charge in [0.25, 0.3) is 0 Å². The molecular weight excluding hydrogens is 596 g/mol. The third-order valence-electron chi connectivity index (χ3n) is 9.96. The molecule has 1 saturated carbocycles. The van der Waals surface area contributed by atoms with Crippen LogP contribution >= 0.6 is 0 Å². The fourth-order valence-corrected chi connectivity index (χ4v) is 7.41. The molecule has 268 valence electrons. The molecule has 48 heavy (non-hydrogen) atoms. The highest BCUT2D eigenvalue weighted by atomic mass is 16.2. The van der Waals surface area contributed by atoms with Crippen molar-refractivity contribution in [1.29, 1.82) is 0 Å². The zero-order valence-electron chi connectivity index (χ0n) is 31.4. The standard InChI is InChI=1S/C40H66N6O2/c1-9-14-37(15-10-2)45(39(47)41-33-20-24-35(25-21-33)43(5)6)29-31-18-13-19-32(28-31)30-46(38(16-11-3)17-12-4)40(48)42-34-22-26-36(27-23-34)44(7)8/h20-27,31-32,37-38H,9-19,28-30H2,1-8H3,(H,41,47)(H,42,48). The third kappa shape index (κ3) is 11.9. The summed E-state index contributed by atoms with van der Waals surface area (Å²) in [6, 6.07) is 16.6.